The summed E-state index contributed by atoms with van der Waals surface area (Å²) in [7, 11) is 0. The molecule has 0 saturated carbocycles. The molecule has 0 spiro atoms. The summed E-state index contributed by atoms with van der Waals surface area (Å²) >= 11 is 0. The van der Waals surface area contributed by atoms with Gasteiger partial charge < -0.3 is 15.0 Å². The Kier molecular flexibility index (Phi) is 10.1. The average Bonchev–Trinajstić information content (AvgIpc) is 2.88. The van der Waals surface area contributed by atoms with Crippen LogP contribution in [0.1, 0.15) is 47.6 Å². The van der Waals surface area contributed by atoms with E-state index in [1.54, 1.807) is 4.90 Å². The molecule has 1 unspecified atom stereocenters. The number of aryl methyl sites for hydroxylation is 3. The molecule has 0 aromatic heterocycles. The predicted molar refractivity (Wildman–Crippen MR) is 145 cm³/mol. The van der Waals surface area contributed by atoms with Gasteiger partial charge in [0.1, 0.15) is 11.8 Å². The summed E-state index contributed by atoms with van der Waals surface area (Å²) in [5, 5.41) is 3.06. The van der Waals surface area contributed by atoms with Crippen molar-refractivity contribution in [1.82, 2.24) is 10.2 Å². The first kappa shape index (κ1) is 27.0. The third-order valence-corrected chi connectivity index (χ3v) is 6.40. The van der Waals surface area contributed by atoms with Crippen molar-refractivity contribution in [3.05, 3.63) is 101 Å². The molecule has 0 heterocycles. The Bertz CT molecular complexity index is 1140. The highest BCUT2D eigenvalue weighted by atomic mass is 16.5. The SMILES string of the molecule is CCCCNC(=O)C(Cc1ccccc1)N(Cc1ccccc1C)C(=O)COc1cc(C)ccc1C. The molecule has 0 aliphatic heterocycles. The van der Waals surface area contributed by atoms with E-state index in [1.165, 1.54) is 0 Å². The minimum Gasteiger partial charge on any atom is -0.483 e. The van der Waals surface area contributed by atoms with Crippen molar-refractivity contribution in [1.29, 1.82) is 0 Å². The number of benzene rings is 3. The molecule has 3 rings (SSSR count). The molecular weight excluding hydrogens is 448 g/mol. The van der Waals surface area contributed by atoms with Crippen LogP contribution in [0.4, 0.5) is 0 Å². The molecule has 0 radical (unpaired) electrons. The molecule has 3 aromatic rings. The lowest BCUT2D eigenvalue weighted by Crippen LogP contribution is -2.52. The Balaban J connectivity index is 1.91. The summed E-state index contributed by atoms with van der Waals surface area (Å²) < 4.78 is 5.98. The Morgan fingerprint density at radius 2 is 1.64 bits per heavy atom. The third kappa shape index (κ3) is 7.70. The summed E-state index contributed by atoms with van der Waals surface area (Å²) in [6, 6.07) is 23.1. The van der Waals surface area contributed by atoms with Gasteiger partial charge in [-0.3, -0.25) is 9.59 Å². The van der Waals surface area contributed by atoms with E-state index in [-0.39, 0.29) is 18.4 Å². The normalized spacial score (nSPS) is 11.6. The van der Waals surface area contributed by atoms with Crippen LogP contribution in [0, 0.1) is 20.8 Å². The lowest BCUT2D eigenvalue weighted by atomic mass is 10.0. The number of hydrogen-bond donors (Lipinski definition) is 1. The van der Waals surface area contributed by atoms with E-state index in [0.717, 1.165) is 40.7 Å². The quantitative estimate of drug-likeness (QED) is 0.342. The Hall–Kier alpha value is -3.60. The van der Waals surface area contributed by atoms with Gasteiger partial charge in [0, 0.05) is 19.5 Å². The van der Waals surface area contributed by atoms with Gasteiger partial charge in [0.25, 0.3) is 5.91 Å². The van der Waals surface area contributed by atoms with Crippen molar-refractivity contribution < 1.29 is 14.3 Å². The van der Waals surface area contributed by atoms with Crippen molar-refractivity contribution in [3.63, 3.8) is 0 Å². The van der Waals surface area contributed by atoms with Crippen LogP contribution in [0.15, 0.2) is 72.8 Å². The van der Waals surface area contributed by atoms with Gasteiger partial charge in [-0.1, -0.05) is 80.1 Å². The smallest absolute Gasteiger partial charge is 0.261 e. The zero-order chi connectivity index (χ0) is 25.9. The van der Waals surface area contributed by atoms with E-state index in [9.17, 15) is 9.59 Å². The number of carbonyl (C=O) groups is 2. The Morgan fingerprint density at radius 1 is 0.917 bits per heavy atom. The Labute approximate surface area is 215 Å². The lowest BCUT2D eigenvalue weighted by Gasteiger charge is -2.32. The molecule has 1 atom stereocenters. The molecule has 36 heavy (non-hydrogen) atoms. The molecule has 1 N–H and O–H groups in total. The molecule has 5 heteroatoms. The van der Waals surface area contributed by atoms with E-state index in [0.29, 0.717) is 25.3 Å². The number of rotatable bonds is 12. The van der Waals surface area contributed by atoms with E-state index in [2.05, 4.69) is 12.2 Å². The van der Waals surface area contributed by atoms with E-state index < -0.39 is 6.04 Å². The largest absolute Gasteiger partial charge is 0.483 e. The van der Waals surface area contributed by atoms with Gasteiger partial charge in [-0.25, -0.2) is 0 Å². The molecule has 0 aliphatic carbocycles. The maximum Gasteiger partial charge on any atom is 0.261 e. The number of ether oxygens (including phenoxy) is 1. The fourth-order valence-corrected chi connectivity index (χ4v) is 4.12. The maximum atomic E-state index is 13.7. The van der Waals surface area contributed by atoms with Crippen LogP contribution in [0.5, 0.6) is 5.75 Å². The van der Waals surface area contributed by atoms with Crippen molar-refractivity contribution in [2.24, 2.45) is 0 Å². The number of hydrogen-bond acceptors (Lipinski definition) is 3. The monoisotopic (exact) mass is 486 g/mol. The van der Waals surface area contributed by atoms with Crippen LogP contribution in [0.3, 0.4) is 0 Å². The standard InChI is InChI=1S/C31H38N2O3/c1-5-6-18-32-31(35)28(20-26-13-8-7-9-14-26)33(21-27-15-11-10-12-24(27)3)30(34)22-36-29-19-23(2)16-17-25(29)4/h7-17,19,28H,5-6,18,20-22H2,1-4H3,(H,32,35). The first-order valence-corrected chi connectivity index (χ1v) is 12.7. The minimum atomic E-state index is -0.654. The average molecular weight is 487 g/mol. The van der Waals surface area contributed by atoms with Gasteiger partial charge in [0.2, 0.25) is 5.91 Å². The summed E-state index contributed by atoms with van der Waals surface area (Å²) in [6.45, 7) is 8.86. The topological polar surface area (TPSA) is 58.6 Å². The molecule has 0 bridgehead atoms. The predicted octanol–water partition coefficient (Wildman–Crippen LogP) is 5.55. The van der Waals surface area contributed by atoms with Crippen LogP contribution in [0.25, 0.3) is 0 Å². The van der Waals surface area contributed by atoms with Crippen molar-refractivity contribution >= 4 is 11.8 Å². The minimum absolute atomic E-state index is 0.135. The second kappa shape index (κ2) is 13.5. The molecule has 3 aromatic carbocycles. The zero-order valence-electron chi connectivity index (χ0n) is 21.9. The first-order chi connectivity index (χ1) is 17.4. The van der Waals surface area contributed by atoms with Crippen molar-refractivity contribution in [2.45, 2.75) is 59.5 Å². The van der Waals surface area contributed by atoms with Gasteiger partial charge in [-0.2, -0.15) is 0 Å². The van der Waals surface area contributed by atoms with Crippen LogP contribution < -0.4 is 10.1 Å². The summed E-state index contributed by atoms with van der Waals surface area (Å²) in [4.78, 5) is 28.9. The summed E-state index contributed by atoms with van der Waals surface area (Å²) in [5.74, 6) is 0.331. The molecular formula is C31H38N2O3. The molecule has 190 valence electrons. The van der Waals surface area contributed by atoms with Crippen molar-refractivity contribution in [3.8, 4) is 5.75 Å². The highest BCUT2D eigenvalue weighted by Crippen LogP contribution is 2.21. The van der Waals surface area contributed by atoms with Gasteiger partial charge in [0.15, 0.2) is 6.61 Å². The fourth-order valence-electron chi connectivity index (χ4n) is 4.12. The zero-order valence-corrected chi connectivity index (χ0v) is 21.9. The second-order valence-electron chi connectivity index (χ2n) is 9.36. The second-order valence-corrected chi connectivity index (χ2v) is 9.36. The number of carbonyl (C=O) groups excluding carboxylic acids is 2. The fraction of sp³-hybridized carbons (Fsp3) is 0.355. The number of amides is 2. The van der Waals surface area contributed by atoms with Crippen LogP contribution in [-0.2, 0) is 22.6 Å². The molecule has 0 aliphatic rings. The molecule has 5 nitrogen and oxygen atoms in total. The van der Waals surface area contributed by atoms with Crippen molar-refractivity contribution in [2.75, 3.05) is 13.2 Å². The summed E-state index contributed by atoms with van der Waals surface area (Å²) in [5.41, 5.74) is 5.13. The third-order valence-electron chi connectivity index (χ3n) is 6.40. The van der Waals surface area contributed by atoms with Gasteiger partial charge in [-0.15, -0.1) is 0 Å². The van der Waals surface area contributed by atoms with Gasteiger partial charge in [0.05, 0.1) is 0 Å². The molecule has 0 fully saturated rings. The number of nitrogens with zero attached hydrogens (tertiary/aromatic N) is 1. The highest BCUT2D eigenvalue weighted by Gasteiger charge is 2.31. The number of unbranched alkanes of at least 4 members (excludes halogenated alkanes) is 1. The van der Waals surface area contributed by atoms with E-state index in [4.69, 9.17) is 4.74 Å². The van der Waals surface area contributed by atoms with E-state index >= 15 is 0 Å². The first-order valence-electron chi connectivity index (χ1n) is 12.7. The van der Waals surface area contributed by atoms with E-state index in [1.807, 2.05) is 93.6 Å². The number of nitrogens with one attached hydrogen (secondary N) is 1. The van der Waals surface area contributed by atoms with Crippen LogP contribution in [0.2, 0.25) is 0 Å². The van der Waals surface area contributed by atoms with Crippen LogP contribution >= 0.6 is 0 Å². The summed E-state index contributed by atoms with van der Waals surface area (Å²) in [6.07, 6.45) is 2.31. The Morgan fingerprint density at radius 3 is 2.36 bits per heavy atom. The highest BCUT2D eigenvalue weighted by molar-refractivity contribution is 5.88. The van der Waals surface area contributed by atoms with Gasteiger partial charge >= 0.3 is 0 Å². The maximum absolute atomic E-state index is 13.7. The lowest BCUT2D eigenvalue weighted by molar-refractivity contribution is -0.142. The molecule has 0 saturated heterocycles. The van der Waals surface area contributed by atoms with Gasteiger partial charge in [-0.05, 0) is 61.1 Å². The van der Waals surface area contributed by atoms with Crippen LogP contribution in [-0.4, -0.2) is 35.9 Å². The molecule has 2 amide bonds.